The second kappa shape index (κ2) is 4.67. The lowest BCUT2D eigenvalue weighted by atomic mass is 10.2. The molecular formula is C8H9Cl2NO. The lowest BCUT2D eigenvalue weighted by Gasteiger charge is -2.03. The summed E-state index contributed by atoms with van der Waals surface area (Å²) in [7, 11) is 0. The first-order valence-corrected chi connectivity index (χ1v) is 4.25. The van der Waals surface area contributed by atoms with Crippen molar-refractivity contribution in [1.82, 2.24) is 5.32 Å². The molecule has 0 unspecified atom stereocenters. The predicted molar refractivity (Wildman–Crippen MR) is 50.4 cm³/mol. The van der Waals surface area contributed by atoms with Gasteiger partial charge in [0.05, 0.1) is 6.73 Å². The summed E-state index contributed by atoms with van der Waals surface area (Å²) in [5.41, 5.74) is 0.926. The topological polar surface area (TPSA) is 32.3 Å². The fraction of sp³-hybridized carbons (Fsp3) is 0.250. The molecule has 0 radical (unpaired) electrons. The smallest absolute Gasteiger partial charge is 0.0934 e. The number of rotatable bonds is 3. The Kier molecular flexibility index (Phi) is 3.82. The summed E-state index contributed by atoms with van der Waals surface area (Å²) in [5.74, 6) is 0. The average molecular weight is 206 g/mol. The molecule has 2 nitrogen and oxygen atoms in total. The van der Waals surface area contributed by atoms with Gasteiger partial charge in [0.2, 0.25) is 0 Å². The highest BCUT2D eigenvalue weighted by molar-refractivity contribution is 6.35. The van der Waals surface area contributed by atoms with Gasteiger partial charge in [-0.05, 0) is 17.7 Å². The minimum Gasteiger partial charge on any atom is -0.381 e. The van der Waals surface area contributed by atoms with Gasteiger partial charge in [0, 0.05) is 16.6 Å². The quantitative estimate of drug-likeness (QED) is 0.741. The number of benzene rings is 1. The Labute approximate surface area is 81.1 Å². The Hall–Kier alpha value is -0.280. The standard InChI is InChI=1S/C8H9Cl2NO/c9-7-2-1-6(4-11-5-12)8(10)3-7/h1-3,11-12H,4-5H2. The summed E-state index contributed by atoms with van der Waals surface area (Å²) in [5, 5.41) is 12.5. The third kappa shape index (κ3) is 2.64. The zero-order valence-electron chi connectivity index (χ0n) is 6.35. The zero-order chi connectivity index (χ0) is 8.97. The number of aliphatic hydroxyl groups is 1. The van der Waals surface area contributed by atoms with Crippen LogP contribution < -0.4 is 5.32 Å². The molecule has 0 aromatic heterocycles. The van der Waals surface area contributed by atoms with Crippen molar-refractivity contribution in [3.05, 3.63) is 33.8 Å². The Bertz CT molecular complexity index is 265. The molecule has 0 amide bonds. The van der Waals surface area contributed by atoms with Gasteiger partial charge in [0.25, 0.3) is 0 Å². The molecule has 0 aliphatic rings. The van der Waals surface area contributed by atoms with Crippen LogP contribution in [0.2, 0.25) is 10.0 Å². The van der Waals surface area contributed by atoms with Gasteiger partial charge in [-0.15, -0.1) is 0 Å². The molecule has 0 bridgehead atoms. The lowest BCUT2D eigenvalue weighted by Crippen LogP contribution is -2.13. The van der Waals surface area contributed by atoms with E-state index in [2.05, 4.69) is 5.32 Å². The highest BCUT2D eigenvalue weighted by atomic mass is 35.5. The summed E-state index contributed by atoms with van der Waals surface area (Å²) in [4.78, 5) is 0. The number of hydrogen-bond donors (Lipinski definition) is 2. The van der Waals surface area contributed by atoms with E-state index < -0.39 is 0 Å². The lowest BCUT2D eigenvalue weighted by molar-refractivity contribution is 0.259. The van der Waals surface area contributed by atoms with Crippen LogP contribution in [0.15, 0.2) is 18.2 Å². The molecule has 4 heteroatoms. The van der Waals surface area contributed by atoms with Gasteiger partial charge in [-0.25, -0.2) is 0 Å². The van der Waals surface area contributed by atoms with Crippen LogP contribution >= 0.6 is 23.2 Å². The first kappa shape index (κ1) is 9.81. The fourth-order valence-corrected chi connectivity index (χ4v) is 1.33. The van der Waals surface area contributed by atoms with E-state index in [1.807, 2.05) is 6.07 Å². The minimum absolute atomic E-state index is 0.0566. The molecule has 2 N–H and O–H groups in total. The Morgan fingerprint density at radius 3 is 2.67 bits per heavy atom. The second-order valence-electron chi connectivity index (χ2n) is 2.32. The van der Waals surface area contributed by atoms with E-state index in [9.17, 15) is 0 Å². The Morgan fingerprint density at radius 2 is 2.08 bits per heavy atom. The molecule has 1 rings (SSSR count). The monoisotopic (exact) mass is 205 g/mol. The Balaban J connectivity index is 2.72. The van der Waals surface area contributed by atoms with Crippen LogP contribution in [0.4, 0.5) is 0 Å². The van der Waals surface area contributed by atoms with E-state index in [1.165, 1.54) is 0 Å². The fourth-order valence-electron chi connectivity index (χ4n) is 0.856. The molecule has 0 heterocycles. The molecular weight excluding hydrogens is 197 g/mol. The second-order valence-corrected chi connectivity index (χ2v) is 3.16. The van der Waals surface area contributed by atoms with Crippen LogP contribution in [0.5, 0.6) is 0 Å². The van der Waals surface area contributed by atoms with Crippen LogP contribution in [0, 0.1) is 0 Å². The maximum Gasteiger partial charge on any atom is 0.0934 e. The molecule has 1 aromatic carbocycles. The minimum atomic E-state index is -0.0566. The number of hydrogen-bond acceptors (Lipinski definition) is 2. The molecule has 0 fully saturated rings. The number of halogens is 2. The largest absolute Gasteiger partial charge is 0.381 e. The van der Waals surface area contributed by atoms with Crippen molar-refractivity contribution in [3.63, 3.8) is 0 Å². The highest BCUT2D eigenvalue weighted by Gasteiger charge is 1.99. The van der Waals surface area contributed by atoms with Crippen LogP contribution in [0.1, 0.15) is 5.56 Å². The van der Waals surface area contributed by atoms with Gasteiger partial charge in [-0.3, -0.25) is 5.32 Å². The van der Waals surface area contributed by atoms with Crippen LogP contribution in [0.3, 0.4) is 0 Å². The van der Waals surface area contributed by atoms with Crippen molar-refractivity contribution in [1.29, 1.82) is 0 Å². The molecule has 0 atom stereocenters. The van der Waals surface area contributed by atoms with Crippen molar-refractivity contribution < 1.29 is 5.11 Å². The van der Waals surface area contributed by atoms with Crippen molar-refractivity contribution in [3.8, 4) is 0 Å². The highest BCUT2D eigenvalue weighted by Crippen LogP contribution is 2.20. The predicted octanol–water partition coefficient (Wildman–Crippen LogP) is 2.03. The maximum absolute atomic E-state index is 8.49. The molecule has 0 spiro atoms. The molecule has 12 heavy (non-hydrogen) atoms. The third-order valence-corrected chi connectivity index (χ3v) is 2.03. The molecule has 0 aliphatic carbocycles. The first-order valence-electron chi connectivity index (χ1n) is 3.49. The van der Waals surface area contributed by atoms with Gasteiger partial charge < -0.3 is 5.11 Å². The van der Waals surface area contributed by atoms with E-state index in [-0.39, 0.29) is 6.73 Å². The summed E-state index contributed by atoms with van der Waals surface area (Å²) in [6.07, 6.45) is 0. The summed E-state index contributed by atoms with van der Waals surface area (Å²) >= 11 is 11.6. The van der Waals surface area contributed by atoms with Gasteiger partial charge in [0.15, 0.2) is 0 Å². The maximum atomic E-state index is 8.49. The van der Waals surface area contributed by atoms with E-state index in [4.69, 9.17) is 28.3 Å². The van der Waals surface area contributed by atoms with Crippen molar-refractivity contribution in [2.75, 3.05) is 6.73 Å². The van der Waals surface area contributed by atoms with Crippen molar-refractivity contribution in [2.45, 2.75) is 6.54 Å². The summed E-state index contributed by atoms with van der Waals surface area (Å²) < 4.78 is 0. The normalized spacial score (nSPS) is 10.2. The van der Waals surface area contributed by atoms with E-state index >= 15 is 0 Å². The van der Waals surface area contributed by atoms with Gasteiger partial charge in [-0.1, -0.05) is 29.3 Å². The van der Waals surface area contributed by atoms with Gasteiger partial charge in [-0.2, -0.15) is 0 Å². The molecule has 0 saturated carbocycles. The van der Waals surface area contributed by atoms with Gasteiger partial charge in [0.1, 0.15) is 0 Å². The third-order valence-electron chi connectivity index (χ3n) is 1.44. The Morgan fingerprint density at radius 1 is 1.33 bits per heavy atom. The van der Waals surface area contributed by atoms with Crippen LogP contribution in [-0.4, -0.2) is 11.8 Å². The summed E-state index contributed by atoms with van der Waals surface area (Å²) in [6.45, 7) is 0.492. The van der Waals surface area contributed by atoms with Crippen molar-refractivity contribution in [2.24, 2.45) is 0 Å². The van der Waals surface area contributed by atoms with Crippen molar-refractivity contribution >= 4 is 23.2 Å². The van der Waals surface area contributed by atoms with E-state index in [1.54, 1.807) is 12.1 Å². The first-order chi connectivity index (χ1) is 5.74. The SMILES string of the molecule is OCNCc1ccc(Cl)cc1Cl. The average Bonchev–Trinajstić information content (AvgIpc) is 2.03. The molecule has 0 aliphatic heterocycles. The molecule has 66 valence electrons. The molecule has 1 aromatic rings. The zero-order valence-corrected chi connectivity index (χ0v) is 7.86. The van der Waals surface area contributed by atoms with Gasteiger partial charge >= 0.3 is 0 Å². The summed E-state index contributed by atoms with van der Waals surface area (Å²) in [6, 6.07) is 5.27. The number of nitrogens with one attached hydrogen (secondary N) is 1. The van der Waals surface area contributed by atoms with E-state index in [0.717, 1.165) is 5.56 Å². The van der Waals surface area contributed by atoms with Crippen LogP contribution in [-0.2, 0) is 6.54 Å². The van der Waals surface area contributed by atoms with Crippen LogP contribution in [0.25, 0.3) is 0 Å². The number of aliphatic hydroxyl groups excluding tert-OH is 1. The molecule has 0 saturated heterocycles. The van der Waals surface area contributed by atoms with E-state index in [0.29, 0.717) is 16.6 Å².